The second-order valence-corrected chi connectivity index (χ2v) is 3.46. The van der Waals surface area contributed by atoms with Crippen LogP contribution < -0.4 is 5.32 Å². The Balaban J connectivity index is 2.58. The van der Waals surface area contributed by atoms with Crippen LogP contribution in [0.15, 0.2) is 5.38 Å². The smallest absolute Gasteiger partial charge is 0.183 e. The number of hydrogen-bond donors (Lipinski definition) is 2. The Morgan fingerprint density at radius 2 is 2.45 bits per heavy atom. The van der Waals surface area contributed by atoms with E-state index >= 15 is 0 Å². The van der Waals surface area contributed by atoms with Crippen molar-refractivity contribution in [2.45, 2.75) is 26.5 Å². The third-order valence-electron chi connectivity index (χ3n) is 1.13. The highest BCUT2D eigenvalue weighted by Crippen LogP contribution is 2.15. The number of anilines is 1. The molecule has 2 N–H and O–H groups in total. The summed E-state index contributed by atoms with van der Waals surface area (Å²) in [6, 6.07) is 0.396. The Morgan fingerprint density at radius 3 is 2.91 bits per heavy atom. The topological polar surface area (TPSA) is 45.2 Å². The van der Waals surface area contributed by atoms with Crippen LogP contribution in [0.2, 0.25) is 0 Å². The molecule has 0 unspecified atom stereocenters. The highest BCUT2D eigenvalue weighted by Gasteiger charge is 2.00. The fourth-order valence-corrected chi connectivity index (χ4v) is 1.54. The lowest BCUT2D eigenvalue weighted by atomic mass is 10.4. The van der Waals surface area contributed by atoms with Crippen molar-refractivity contribution in [3.8, 4) is 0 Å². The molecule has 1 heterocycles. The molecule has 0 aliphatic rings. The van der Waals surface area contributed by atoms with Gasteiger partial charge in [-0.05, 0) is 13.8 Å². The van der Waals surface area contributed by atoms with E-state index in [0.29, 0.717) is 6.04 Å². The molecule has 0 amide bonds. The van der Waals surface area contributed by atoms with E-state index in [1.807, 2.05) is 5.38 Å². The molecule has 0 atom stereocenters. The second kappa shape index (κ2) is 3.69. The van der Waals surface area contributed by atoms with Gasteiger partial charge in [-0.3, -0.25) is 0 Å². The summed E-state index contributed by atoms with van der Waals surface area (Å²) in [4.78, 5) is 4.13. The predicted octanol–water partition coefficient (Wildman–Crippen LogP) is 1.46. The summed E-state index contributed by atoms with van der Waals surface area (Å²) in [6.07, 6.45) is 0. The van der Waals surface area contributed by atoms with Crippen LogP contribution in [0.3, 0.4) is 0 Å². The third-order valence-corrected chi connectivity index (χ3v) is 1.95. The Hall–Kier alpha value is -0.610. The van der Waals surface area contributed by atoms with E-state index in [0.717, 1.165) is 10.8 Å². The second-order valence-electron chi connectivity index (χ2n) is 2.60. The zero-order chi connectivity index (χ0) is 8.27. The maximum absolute atomic E-state index is 8.70. The maximum Gasteiger partial charge on any atom is 0.183 e. The first-order valence-electron chi connectivity index (χ1n) is 3.54. The van der Waals surface area contributed by atoms with E-state index in [1.54, 1.807) is 0 Å². The highest BCUT2D eigenvalue weighted by molar-refractivity contribution is 7.13. The van der Waals surface area contributed by atoms with Crippen LogP contribution in [0.25, 0.3) is 0 Å². The van der Waals surface area contributed by atoms with Gasteiger partial charge >= 0.3 is 0 Å². The molecule has 3 nitrogen and oxygen atoms in total. The number of aliphatic hydroxyl groups excluding tert-OH is 1. The van der Waals surface area contributed by atoms with Gasteiger partial charge in [-0.25, -0.2) is 4.98 Å². The van der Waals surface area contributed by atoms with Gasteiger partial charge in [0.05, 0.1) is 12.3 Å². The summed E-state index contributed by atoms with van der Waals surface area (Å²) in [5, 5.41) is 14.6. The van der Waals surface area contributed by atoms with Crippen molar-refractivity contribution in [3.05, 3.63) is 11.1 Å². The minimum atomic E-state index is 0.0241. The summed E-state index contributed by atoms with van der Waals surface area (Å²) in [5.74, 6) is 0. The number of aliphatic hydroxyl groups is 1. The van der Waals surface area contributed by atoms with Crippen LogP contribution in [-0.2, 0) is 6.61 Å². The molecule has 1 rings (SSSR count). The first-order valence-corrected chi connectivity index (χ1v) is 4.42. The molecule has 0 bridgehead atoms. The molecule has 0 aliphatic carbocycles. The molecule has 0 saturated heterocycles. The van der Waals surface area contributed by atoms with Crippen molar-refractivity contribution in [2.24, 2.45) is 0 Å². The number of thiazole rings is 1. The number of nitrogens with one attached hydrogen (secondary N) is 1. The average molecular weight is 172 g/mol. The molecule has 0 aromatic carbocycles. The van der Waals surface area contributed by atoms with E-state index in [-0.39, 0.29) is 6.61 Å². The molecule has 0 radical (unpaired) electrons. The SMILES string of the molecule is CC(C)Nc1nc(CO)cs1. The zero-order valence-electron chi connectivity index (χ0n) is 6.66. The summed E-state index contributed by atoms with van der Waals surface area (Å²) >= 11 is 1.52. The van der Waals surface area contributed by atoms with E-state index in [9.17, 15) is 0 Å². The normalized spacial score (nSPS) is 10.5. The lowest BCUT2D eigenvalue weighted by molar-refractivity contribution is 0.278. The highest BCUT2D eigenvalue weighted by atomic mass is 32.1. The Labute approximate surface area is 70.1 Å². The third kappa shape index (κ3) is 2.48. The standard InChI is InChI=1S/C7H12N2OS/c1-5(2)8-7-9-6(3-10)4-11-7/h4-5,10H,3H2,1-2H3,(H,8,9). The van der Waals surface area contributed by atoms with Crippen molar-refractivity contribution < 1.29 is 5.11 Å². The van der Waals surface area contributed by atoms with Crippen molar-refractivity contribution in [3.63, 3.8) is 0 Å². The van der Waals surface area contributed by atoms with Gasteiger partial charge in [0.1, 0.15) is 0 Å². The monoisotopic (exact) mass is 172 g/mol. The fraction of sp³-hybridized carbons (Fsp3) is 0.571. The molecule has 0 spiro atoms. The van der Waals surface area contributed by atoms with Crippen molar-refractivity contribution in [1.82, 2.24) is 4.98 Å². The minimum absolute atomic E-state index is 0.0241. The molecule has 4 heteroatoms. The Kier molecular flexibility index (Phi) is 2.84. The Bertz CT molecular complexity index is 222. The van der Waals surface area contributed by atoms with E-state index in [2.05, 4.69) is 24.1 Å². The largest absolute Gasteiger partial charge is 0.390 e. The van der Waals surface area contributed by atoms with Gasteiger partial charge in [0.15, 0.2) is 5.13 Å². The first kappa shape index (κ1) is 8.49. The van der Waals surface area contributed by atoms with Gasteiger partial charge in [0.25, 0.3) is 0 Å². The molecule has 0 fully saturated rings. The van der Waals surface area contributed by atoms with E-state index < -0.39 is 0 Å². The van der Waals surface area contributed by atoms with Gasteiger partial charge < -0.3 is 10.4 Å². The van der Waals surface area contributed by atoms with Gasteiger partial charge in [0, 0.05) is 11.4 Å². The van der Waals surface area contributed by atoms with Crippen LogP contribution in [-0.4, -0.2) is 16.1 Å². The summed E-state index contributed by atoms with van der Waals surface area (Å²) in [5.41, 5.74) is 0.734. The molecule has 0 aliphatic heterocycles. The van der Waals surface area contributed by atoms with Crippen molar-refractivity contribution >= 4 is 16.5 Å². The molecule has 0 saturated carbocycles. The molecular weight excluding hydrogens is 160 g/mol. The summed E-state index contributed by atoms with van der Waals surface area (Å²) < 4.78 is 0. The molecule has 1 aromatic rings. The van der Waals surface area contributed by atoms with Crippen molar-refractivity contribution in [2.75, 3.05) is 5.32 Å². The van der Waals surface area contributed by atoms with E-state index in [1.165, 1.54) is 11.3 Å². The quantitative estimate of drug-likeness (QED) is 0.725. The van der Waals surface area contributed by atoms with Crippen LogP contribution in [0.1, 0.15) is 19.5 Å². The molecule has 11 heavy (non-hydrogen) atoms. The fourth-order valence-electron chi connectivity index (χ4n) is 0.693. The number of aromatic nitrogens is 1. The lowest BCUT2D eigenvalue weighted by Gasteiger charge is -2.03. The average Bonchev–Trinajstić information content (AvgIpc) is 2.34. The van der Waals surface area contributed by atoms with Gasteiger partial charge in [-0.1, -0.05) is 0 Å². The van der Waals surface area contributed by atoms with Crippen LogP contribution in [0, 0.1) is 0 Å². The summed E-state index contributed by atoms with van der Waals surface area (Å²) in [7, 11) is 0. The number of rotatable bonds is 3. The van der Waals surface area contributed by atoms with Crippen LogP contribution in [0.4, 0.5) is 5.13 Å². The van der Waals surface area contributed by atoms with Gasteiger partial charge in [-0.15, -0.1) is 11.3 Å². The van der Waals surface area contributed by atoms with E-state index in [4.69, 9.17) is 5.11 Å². The first-order chi connectivity index (χ1) is 5.22. The predicted molar refractivity (Wildman–Crippen MR) is 46.8 cm³/mol. The number of hydrogen-bond acceptors (Lipinski definition) is 4. The Morgan fingerprint density at radius 1 is 1.73 bits per heavy atom. The molecule has 1 aromatic heterocycles. The maximum atomic E-state index is 8.70. The summed E-state index contributed by atoms with van der Waals surface area (Å²) in [6.45, 7) is 4.14. The lowest BCUT2D eigenvalue weighted by Crippen LogP contribution is -2.09. The zero-order valence-corrected chi connectivity index (χ0v) is 7.48. The van der Waals surface area contributed by atoms with Crippen molar-refractivity contribution in [1.29, 1.82) is 0 Å². The van der Waals surface area contributed by atoms with Crippen LogP contribution >= 0.6 is 11.3 Å². The molecular formula is C7H12N2OS. The molecule has 62 valence electrons. The van der Waals surface area contributed by atoms with Gasteiger partial charge in [0.2, 0.25) is 0 Å². The van der Waals surface area contributed by atoms with Crippen LogP contribution in [0.5, 0.6) is 0 Å². The van der Waals surface area contributed by atoms with Gasteiger partial charge in [-0.2, -0.15) is 0 Å². The number of nitrogens with zero attached hydrogens (tertiary/aromatic N) is 1. The minimum Gasteiger partial charge on any atom is -0.390 e.